The molecule has 5 nitrogen and oxygen atoms in total. The monoisotopic (exact) mass is 277 g/mol. The quantitative estimate of drug-likeness (QED) is 0.742. The number of hydrogen-bond donors (Lipinski definition) is 2. The second-order valence-electron chi connectivity index (χ2n) is 7.19. The summed E-state index contributed by atoms with van der Waals surface area (Å²) in [5, 5.41) is 22.8. The third-order valence-corrected chi connectivity index (χ3v) is 5.71. The van der Waals surface area contributed by atoms with Crippen LogP contribution < -0.4 is 5.32 Å². The summed E-state index contributed by atoms with van der Waals surface area (Å²) < 4.78 is 0. The molecule has 0 radical (unpaired) electrons. The van der Waals surface area contributed by atoms with Gasteiger partial charge in [-0.2, -0.15) is 5.26 Å². The molecular formula is C15H23N3O2. The molecule has 0 spiro atoms. The lowest BCUT2D eigenvalue weighted by Crippen LogP contribution is -2.73. The average molecular weight is 277 g/mol. The van der Waals surface area contributed by atoms with Crippen LogP contribution in [-0.4, -0.2) is 46.2 Å². The first-order valence-electron chi connectivity index (χ1n) is 7.55. The molecule has 1 aliphatic carbocycles. The Hall–Kier alpha value is -1.12. The summed E-state index contributed by atoms with van der Waals surface area (Å²) in [5.41, 5.74) is -0.559. The van der Waals surface area contributed by atoms with Crippen molar-refractivity contribution in [3.05, 3.63) is 0 Å². The normalized spacial score (nSPS) is 47.3. The minimum absolute atomic E-state index is 0.0503. The molecule has 20 heavy (non-hydrogen) atoms. The van der Waals surface area contributed by atoms with E-state index < -0.39 is 6.10 Å². The molecule has 4 rings (SSSR count). The fourth-order valence-corrected chi connectivity index (χ4v) is 4.11. The largest absolute Gasteiger partial charge is 0.391 e. The van der Waals surface area contributed by atoms with Gasteiger partial charge in [-0.1, -0.05) is 6.92 Å². The van der Waals surface area contributed by atoms with Gasteiger partial charge in [-0.25, -0.2) is 0 Å². The van der Waals surface area contributed by atoms with Gasteiger partial charge >= 0.3 is 0 Å². The van der Waals surface area contributed by atoms with Crippen molar-refractivity contribution < 1.29 is 9.90 Å². The Balaban J connectivity index is 1.84. The van der Waals surface area contributed by atoms with E-state index in [1.54, 1.807) is 4.90 Å². The Labute approximate surface area is 119 Å². The van der Waals surface area contributed by atoms with Crippen molar-refractivity contribution in [2.75, 3.05) is 6.54 Å². The topological polar surface area (TPSA) is 76.4 Å². The van der Waals surface area contributed by atoms with Gasteiger partial charge in [-0.05, 0) is 44.4 Å². The zero-order valence-electron chi connectivity index (χ0n) is 12.2. The van der Waals surface area contributed by atoms with Crippen LogP contribution >= 0.6 is 0 Å². The van der Waals surface area contributed by atoms with Gasteiger partial charge in [0.2, 0.25) is 5.91 Å². The van der Waals surface area contributed by atoms with Gasteiger partial charge < -0.3 is 10.0 Å². The van der Waals surface area contributed by atoms with E-state index in [2.05, 4.69) is 18.3 Å². The minimum atomic E-state index is -0.393. The molecule has 2 N–H and O–H groups in total. The number of carbonyl (C=O) groups excluding carboxylic acids is 1. The molecule has 3 saturated heterocycles. The predicted octanol–water partition coefficient (Wildman–Crippen LogP) is 0.783. The lowest BCUT2D eigenvalue weighted by Gasteiger charge is -2.58. The number of aliphatic hydroxyl groups excluding tert-OH is 1. The Kier molecular flexibility index (Phi) is 3.07. The van der Waals surface area contributed by atoms with Crippen LogP contribution in [0.4, 0.5) is 0 Å². The first-order chi connectivity index (χ1) is 9.39. The molecule has 4 aliphatic rings. The van der Waals surface area contributed by atoms with E-state index in [0.29, 0.717) is 13.0 Å². The number of hydrogen-bond acceptors (Lipinski definition) is 4. The maximum atomic E-state index is 12.8. The number of piperidine rings is 2. The maximum absolute atomic E-state index is 12.8. The number of amides is 1. The summed E-state index contributed by atoms with van der Waals surface area (Å²) in [6.45, 7) is 4.77. The molecule has 5 atom stereocenters. The Morgan fingerprint density at radius 3 is 2.85 bits per heavy atom. The molecule has 0 unspecified atom stereocenters. The average Bonchev–Trinajstić information content (AvgIpc) is 2.88. The van der Waals surface area contributed by atoms with E-state index in [9.17, 15) is 9.90 Å². The fourth-order valence-electron chi connectivity index (χ4n) is 4.11. The molecule has 5 heteroatoms. The molecule has 1 saturated carbocycles. The van der Waals surface area contributed by atoms with E-state index in [1.165, 1.54) is 0 Å². The van der Waals surface area contributed by atoms with Crippen LogP contribution in [0.5, 0.6) is 0 Å². The summed E-state index contributed by atoms with van der Waals surface area (Å²) in [5.74, 6) is 0.0503. The van der Waals surface area contributed by atoms with Gasteiger partial charge in [0.1, 0.15) is 6.04 Å². The highest BCUT2D eigenvalue weighted by atomic mass is 16.3. The standard InChI is InChI=1S/C15H23N3O2/c1-14-5-6-15(2,11(19)8-14)17-12(14)13(20)18-7-3-4-10(18)9-16/h10-12,17,19H,3-8H2,1-2H3/t10-,11-,12+,14+,15-/m0/s1. The van der Waals surface area contributed by atoms with E-state index in [4.69, 9.17) is 5.26 Å². The highest BCUT2D eigenvalue weighted by molar-refractivity contribution is 5.84. The van der Waals surface area contributed by atoms with Gasteiger partial charge in [0.25, 0.3) is 0 Å². The molecule has 3 aliphatic heterocycles. The van der Waals surface area contributed by atoms with E-state index in [1.807, 2.05) is 6.92 Å². The van der Waals surface area contributed by atoms with E-state index in [-0.39, 0.29) is 28.9 Å². The van der Waals surface area contributed by atoms with Gasteiger partial charge in [-0.3, -0.25) is 10.1 Å². The van der Waals surface area contributed by atoms with Gasteiger partial charge in [0.15, 0.2) is 0 Å². The fraction of sp³-hybridized carbons (Fsp3) is 0.867. The molecule has 110 valence electrons. The zero-order chi connectivity index (χ0) is 14.5. The van der Waals surface area contributed by atoms with Crippen molar-refractivity contribution in [2.24, 2.45) is 5.41 Å². The van der Waals surface area contributed by atoms with Crippen LogP contribution in [0.3, 0.4) is 0 Å². The number of likely N-dealkylation sites (tertiary alicyclic amines) is 1. The number of nitrogens with zero attached hydrogens (tertiary/aromatic N) is 2. The Morgan fingerprint density at radius 1 is 1.45 bits per heavy atom. The van der Waals surface area contributed by atoms with Crippen molar-refractivity contribution in [2.45, 2.75) is 69.7 Å². The van der Waals surface area contributed by atoms with Crippen molar-refractivity contribution in [3.8, 4) is 6.07 Å². The molecular weight excluding hydrogens is 254 g/mol. The van der Waals surface area contributed by atoms with E-state index in [0.717, 1.165) is 25.7 Å². The molecule has 4 fully saturated rings. The lowest BCUT2D eigenvalue weighted by atomic mass is 9.59. The number of carbonyl (C=O) groups is 1. The third-order valence-electron chi connectivity index (χ3n) is 5.71. The van der Waals surface area contributed by atoms with Crippen LogP contribution in [0.15, 0.2) is 0 Å². The van der Waals surface area contributed by atoms with Crippen LogP contribution in [0.1, 0.15) is 46.0 Å². The molecule has 3 heterocycles. The van der Waals surface area contributed by atoms with Gasteiger partial charge in [0, 0.05) is 12.1 Å². The first kappa shape index (κ1) is 13.8. The van der Waals surface area contributed by atoms with Gasteiger partial charge in [-0.15, -0.1) is 0 Å². The third kappa shape index (κ3) is 1.86. The van der Waals surface area contributed by atoms with Crippen molar-refractivity contribution in [1.29, 1.82) is 5.26 Å². The molecule has 0 aromatic heterocycles. The minimum Gasteiger partial charge on any atom is -0.391 e. The van der Waals surface area contributed by atoms with Crippen LogP contribution in [0.2, 0.25) is 0 Å². The summed E-state index contributed by atoms with van der Waals surface area (Å²) in [6, 6.07) is 1.70. The summed E-state index contributed by atoms with van der Waals surface area (Å²) in [7, 11) is 0. The van der Waals surface area contributed by atoms with Gasteiger partial charge in [0.05, 0.1) is 18.2 Å². The summed E-state index contributed by atoms with van der Waals surface area (Å²) >= 11 is 0. The lowest BCUT2D eigenvalue weighted by molar-refractivity contribution is -0.151. The maximum Gasteiger partial charge on any atom is 0.241 e. The highest BCUT2D eigenvalue weighted by Crippen LogP contribution is 2.49. The number of fused-ring (bicyclic) bond motifs is 3. The number of nitrogens with one attached hydrogen (secondary N) is 1. The van der Waals surface area contributed by atoms with Crippen LogP contribution in [0.25, 0.3) is 0 Å². The predicted molar refractivity (Wildman–Crippen MR) is 73.6 cm³/mol. The number of nitriles is 1. The van der Waals surface area contributed by atoms with Crippen LogP contribution in [-0.2, 0) is 4.79 Å². The molecule has 1 amide bonds. The molecule has 2 bridgehead atoms. The first-order valence-corrected chi connectivity index (χ1v) is 7.55. The highest BCUT2D eigenvalue weighted by Gasteiger charge is 2.57. The zero-order valence-corrected chi connectivity index (χ0v) is 12.2. The Bertz CT molecular complexity index is 474. The van der Waals surface area contributed by atoms with Crippen molar-refractivity contribution in [1.82, 2.24) is 10.2 Å². The molecule has 0 aromatic carbocycles. The SMILES string of the molecule is C[C@]12CC[C@](C)(N[C@@H]1C(=O)N1CCC[C@H]1C#N)[C@@H](O)C2. The van der Waals surface area contributed by atoms with E-state index >= 15 is 0 Å². The summed E-state index contributed by atoms with van der Waals surface area (Å²) in [4.78, 5) is 14.6. The van der Waals surface area contributed by atoms with Crippen LogP contribution in [0, 0.1) is 16.7 Å². The number of rotatable bonds is 1. The second-order valence-corrected chi connectivity index (χ2v) is 7.19. The van der Waals surface area contributed by atoms with Crippen molar-refractivity contribution in [3.63, 3.8) is 0 Å². The smallest absolute Gasteiger partial charge is 0.241 e. The second kappa shape index (κ2) is 4.44. The number of aliphatic hydroxyl groups is 1. The van der Waals surface area contributed by atoms with Crippen molar-refractivity contribution >= 4 is 5.91 Å². The Morgan fingerprint density at radius 2 is 2.20 bits per heavy atom. The summed E-state index contributed by atoms with van der Waals surface area (Å²) in [6.07, 6.45) is 3.82. The molecule has 0 aromatic rings.